The molecule has 1 atom stereocenters. The van der Waals surface area contributed by atoms with E-state index in [0.717, 1.165) is 22.2 Å². The van der Waals surface area contributed by atoms with E-state index in [4.69, 9.17) is 14.5 Å². The number of aryl methyl sites for hydroxylation is 1. The maximum Gasteiger partial charge on any atom is 0.301 e. The first-order valence-electron chi connectivity index (χ1n) is 12.0. The lowest BCUT2D eigenvalue weighted by Gasteiger charge is -2.23. The highest BCUT2D eigenvalue weighted by molar-refractivity contribution is 7.22. The second kappa shape index (κ2) is 10.1. The summed E-state index contributed by atoms with van der Waals surface area (Å²) in [4.78, 5) is 33.0. The summed E-state index contributed by atoms with van der Waals surface area (Å²) in [7, 11) is 1.55. The second-order valence-corrected chi connectivity index (χ2v) is 9.56. The van der Waals surface area contributed by atoms with E-state index in [2.05, 4.69) is 6.92 Å². The number of methoxy groups -OCH3 is 1. The Morgan fingerprint density at radius 3 is 2.51 bits per heavy atom. The number of carbonyl (C=O) groups excluding carboxylic acids is 2. The molecule has 188 valence electrons. The number of nitrogens with zero attached hydrogens (tertiary/aromatic N) is 2. The van der Waals surface area contributed by atoms with Gasteiger partial charge in [0.25, 0.3) is 5.78 Å². The molecule has 1 N–H and O–H groups in total. The maximum atomic E-state index is 13.5. The van der Waals surface area contributed by atoms with Crippen LogP contribution in [0.4, 0.5) is 5.13 Å². The third kappa shape index (κ3) is 4.44. The van der Waals surface area contributed by atoms with Gasteiger partial charge in [-0.25, -0.2) is 4.98 Å². The quantitative estimate of drug-likeness (QED) is 0.188. The highest BCUT2D eigenvalue weighted by Gasteiger charge is 2.48. The van der Waals surface area contributed by atoms with Gasteiger partial charge in [0.2, 0.25) is 0 Å². The highest BCUT2D eigenvalue weighted by atomic mass is 32.1. The number of amides is 1. The Balaban J connectivity index is 1.68. The molecule has 0 radical (unpaired) electrons. The lowest BCUT2D eigenvalue weighted by atomic mass is 9.95. The molecular formula is C29H26N2O5S. The lowest BCUT2D eigenvalue weighted by molar-refractivity contribution is -0.132. The van der Waals surface area contributed by atoms with Gasteiger partial charge in [0, 0.05) is 5.56 Å². The van der Waals surface area contributed by atoms with Crippen LogP contribution >= 0.6 is 11.3 Å². The molecule has 1 amide bonds. The van der Waals surface area contributed by atoms with E-state index in [9.17, 15) is 14.7 Å². The van der Waals surface area contributed by atoms with Crippen molar-refractivity contribution < 1.29 is 24.2 Å². The van der Waals surface area contributed by atoms with E-state index in [1.165, 1.54) is 16.2 Å². The number of hydrogen-bond acceptors (Lipinski definition) is 7. The van der Waals surface area contributed by atoms with Gasteiger partial charge in [-0.2, -0.15) is 0 Å². The van der Waals surface area contributed by atoms with Gasteiger partial charge in [0.05, 0.1) is 35.5 Å². The Bertz CT molecular complexity index is 1520. The van der Waals surface area contributed by atoms with Crippen LogP contribution in [0.5, 0.6) is 11.5 Å². The van der Waals surface area contributed by atoms with Gasteiger partial charge < -0.3 is 14.6 Å². The van der Waals surface area contributed by atoms with Crippen LogP contribution in [-0.4, -0.2) is 35.5 Å². The number of rotatable bonds is 7. The number of carbonyl (C=O) groups is 2. The van der Waals surface area contributed by atoms with Crippen LogP contribution in [0.2, 0.25) is 0 Å². The minimum absolute atomic E-state index is 0.00378. The van der Waals surface area contributed by atoms with Crippen LogP contribution in [0.3, 0.4) is 0 Å². The van der Waals surface area contributed by atoms with Crippen molar-refractivity contribution in [1.82, 2.24) is 4.98 Å². The second-order valence-electron chi connectivity index (χ2n) is 8.56. The summed E-state index contributed by atoms with van der Waals surface area (Å²) in [6.07, 6.45) is 0.875. The molecule has 5 rings (SSSR count). The van der Waals surface area contributed by atoms with Crippen LogP contribution in [0.1, 0.15) is 36.6 Å². The summed E-state index contributed by atoms with van der Waals surface area (Å²) in [6.45, 7) is 4.47. The number of hydrogen-bond donors (Lipinski definition) is 1. The van der Waals surface area contributed by atoms with Crippen molar-refractivity contribution >= 4 is 44.1 Å². The number of aliphatic hydroxyl groups excluding tert-OH is 1. The summed E-state index contributed by atoms with van der Waals surface area (Å²) in [5.74, 6) is -0.556. The Morgan fingerprint density at radius 2 is 1.81 bits per heavy atom. The number of Topliss-reactive ketones (excluding diaryl/α,β-unsaturated/α-hetero) is 1. The molecule has 0 bridgehead atoms. The van der Waals surface area contributed by atoms with Gasteiger partial charge in [-0.15, -0.1) is 0 Å². The van der Waals surface area contributed by atoms with Crippen LogP contribution in [0.25, 0.3) is 16.0 Å². The number of ketones is 1. The fourth-order valence-electron chi connectivity index (χ4n) is 4.47. The molecule has 0 aliphatic carbocycles. The summed E-state index contributed by atoms with van der Waals surface area (Å²) in [5, 5.41) is 11.7. The molecule has 0 saturated carbocycles. The van der Waals surface area contributed by atoms with Crippen molar-refractivity contribution in [2.75, 3.05) is 18.6 Å². The minimum atomic E-state index is -0.882. The molecule has 8 heteroatoms. The van der Waals surface area contributed by atoms with Crippen LogP contribution in [-0.2, 0) is 16.0 Å². The summed E-state index contributed by atoms with van der Waals surface area (Å²) in [5.41, 5.74) is 2.93. The van der Waals surface area contributed by atoms with E-state index in [-0.39, 0.29) is 11.3 Å². The number of benzene rings is 3. The molecule has 1 fully saturated rings. The zero-order chi connectivity index (χ0) is 26.1. The molecule has 1 aliphatic rings. The Morgan fingerprint density at radius 1 is 1.03 bits per heavy atom. The number of aromatic nitrogens is 1. The van der Waals surface area contributed by atoms with Crippen molar-refractivity contribution in [3.63, 3.8) is 0 Å². The third-order valence-corrected chi connectivity index (χ3v) is 7.37. The Hall–Kier alpha value is -4.17. The molecule has 7 nitrogen and oxygen atoms in total. The zero-order valence-electron chi connectivity index (χ0n) is 20.7. The molecule has 3 aromatic carbocycles. The third-order valence-electron chi connectivity index (χ3n) is 6.35. The van der Waals surface area contributed by atoms with Crippen molar-refractivity contribution in [2.45, 2.75) is 26.3 Å². The maximum absolute atomic E-state index is 13.5. The van der Waals surface area contributed by atoms with Gasteiger partial charge in [0.15, 0.2) is 5.13 Å². The molecule has 0 unspecified atom stereocenters. The largest absolute Gasteiger partial charge is 0.507 e. The van der Waals surface area contributed by atoms with Crippen LogP contribution < -0.4 is 14.4 Å². The predicted molar refractivity (Wildman–Crippen MR) is 144 cm³/mol. The van der Waals surface area contributed by atoms with Gasteiger partial charge in [-0.1, -0.05) is 36.5 Å². The average Bonchev–Trinajstić information content (AvgIpc) is 3.46. The molecule has 37 heavy (non-hydrogen) atoms. The predicted octanol–water partition coefficient (Wildman–Crippen LogP) is 5.89. The SMILES string of the molecule is CCOc1ccc(/C(O)=C2\C(=O)C(=O)N(c3nc4ccc(CC)cc4s3)[C@@H]2c2cccc(OC)c2)cc1. The number of fused-ring (bicyclic) bond motifs is 1. The number of anilines is 1. The molecular weight excluding hydrogens is 488 g/mol. The number of thiazole rings is 1. The van der Waals surface area contributed by atoms with E-state index >= 15 is 0 Å². The summed E-state index contributed by atoms with van der Waals surface area (Å²) < 4.78 is 11.8. The standard InChI is InChI=1S/C29H26N2O5S/c1-4-17-9-14-22-23(15-17)37-29(30-22)31-25(19-7-6-8-21(16-19)35-3)24(27(33)28(31)34)26(32)18-10-12-20(13-11-18)36-5-2/h6-16,25,32H,4-5H2,1-3H3/b26-24+/t25-/m1/s1. The molecule has 4 aromatic rings. The highest BCUT2D eigenvalue weighted by Crippen LogP contribution is 2.45. The molecule has 0 spiro atoms. The van der Waals surface area contributed by atoms with Crippen molar-refractivity contribution in [1.29, 1.82) is 0 Å². The first kappa shape index (κ1) is 24.5. The van der Waals surface area contributed by atoms with Crippen molar-refractivity contribution in [3.8, 4) is 11.5 Å². The van der Waals surface area contributed by atoms with Crippen LogP contribution in [0.15, 0.2) is 72.3 Å². The summed E-state index contributed by atoms with van der Waals surface area (Å²) in [6, 6.07) is 19.0. The molecule has 1 aliphatic heterocycles. The monoisotopic (exact) mass is 514 g/mol. The van der Waals surface area contributed by atoms with Gasteiger partial charge in [-0.05, 0) is 73.0 Å². The topological polar surface area (TPSA) is 89.0 Å². The smallest absolute Gasteiger partial charge is 0.301 e. The number of ether oxygens (including phenoxy) is 2. The normalized spacial score (nSPS) is 16.9. The van der Waals surface area contributed by atoms with Crippen LogP contribution in [0, 0.1) is 0 Å². The van der Waals surface area contributed by atoms with E-state index in [0.29, 0.717) is 34.4 Å². The average molecular weight is 515 g/mol. The fraction of sp³-hybridized carbons (Fsp3) is 0.207. The number of aliphatic hydroxyl groups is 1. The molecule has 1 aromatic heterocycles. The van der Waals surface area contributed by atoms with Gasteiger partial charge in [-0.3, -0.25) is 14.5 Å². The first-order valence-corrected chi connectivity index (χ1v) is 12.8. The van der Waals surface area contributed by atoms with E-state index < -0.39 is 17.7 Å². The van der Waals surface area contributed by atoms with Crippen molar-refractivity contribution in [2.24, 2.45) is 0 Å². The Kier molecular flexibility index (Phi) is 6.67. The van der Waals surface area contributed by atoms with E-state index in [1.807, 2.05) is 25.1 Å². The first-order chi connectivity index (χ1) is 17.9. The fourth-order valence-corrected chi connectivity index (χ4v) is 5.52. The lowest BCUT2D eigenvalue weighted by Crippen LogP contribution is -2.29. The molecule has 1 saturated heterocycles. The van der Waals surface area contributed by atoms with E-state index in [1.54, 1.807) is 55.6 Å². The zero-order valence-corrected chi connectivity index (χ0v) is 21.5. The molecule has 2 heterocycles. The van der Waals surface area contributed by atoms with Gasteiger partial charge in [0.1, 0.15) is 17.3 Å². The Labute approximate surface area is 218 Å². The minimum Gasteiger partial charge on any atom is -0.507 e. The van der Waals surface area contributed by atoms with Crippen molar-refractivity contribution in [3.05, 3.63) is 89.0 Å². The van der Waals surface area contributed by atoms with Gasteiger partial charge >= 0.3 is 5.91 Å². The summed E-state index contributed by atoms with van der Waals surface area (Å²) >= 11 is 1.34.